The lowest BCUT2D eigenvalue weighted by molar-refractivity contribution is -0.116. The SMILES string of the molecule is C=CNC(=O)/C=C(\C(N)=O)c1cccc2ccccc12. The van der Waals surface area contributed by atoms with Crippen LogP contribution in [0.2, 0.25) is 0 Å². The second kappa shape index (κ2) is 5.84. The largest absolute Gasteiger partial charge is 0.366 e. The summed E-state index contributed by atoms with van der Waals surface area (Å²) >= 11 is 0. The number of hydrogen-bond donors (Lipinski definition) is 2. The molecule has 0 saturated heterocycles. The lowest BCUT2D eigenvalue weighted by atomic mass is 9.97. The first kappa shape index (κ1) is 13.5. The summed E-state index contributed by atoms with van der Waals surface area (Å²) in [6, 6.07) is 13.1. The van der Waals surface area contributed by atoms with Gasteiger partial charge in [-0.1, -0.05) is 49.0 Å². The Morgan fingerprint density at radius 1 is 1.10 bits per heavy atom. The van der Waals surface area contributed by atoms with Crippen molar-refractivity contribution in [3.63, 3.8) is 0 Å². The fraction of sp³-hybridized carbons (Fsp3) is 0. The zero-order valence-electron chi connectivity index (χ0n) is 10.8. The molecule has 2 aromatic carbocycles. The Bertz CT molecular complexity index is 712. The summed E-state index contributed by atoms with van der Waals surface area (Å²) in [4.78, 5) is 23.2. The number of amides is 2. The molecule has 0 bridgehead atoms. The van der Waals surface area contributed by atoms with E-state index in [1.54, 1.807) is 6.07 Å². The van der Waals surface area contributed by atoms with Gasteiger partial charge in [0.05, 0.1) is 5.57 Å². The van der Waals surface area contributed by atoms with E-state index in [1.165, 1.54) is 12.3 Å². The van der Waals surface area contributed by atoms with Crippen LogP contribution in [0.3, 0.4) is 0 Å². The average molecular weight is 266 g/mol. The first-order valence-corrected chi connectivity index (χ1v) is 6.04. The van der Waals surface area contributed by atoms with Gasteiger partial charge in [-0.05, 0) is 22.5 Å². The van der Waals surface area contributed by atoms with Crippen LogP contribution in [0.1, 0.15) is 5.56 Å². The maximum Gasteiger partial charge on any atom is 0.249 e. The molecule has 0 fully saturated rings. The quantitative estimate of drug-likeness (QED) is 0.830. The summed E-state index contributed by atoms with van der Waals surface area (Å²) in [5.41, 5.74) is 6.19. The minimum absolute atomic E-state index is 0.168. The van der Waals surface area contributed by atoms with Gasteiger partial charge in [0, 0.05) is 6.08 Å². The number of hydrogen-bond acceptors (Lipinski definition) is 2. The number of nitrogens with one attached hydrogen (secondary N) is 1. The predicted octanol–water partition coefficient (Wildman–Crippen LogP) is 1.97. The molecule has 4 nitrogen and oxygen atoms in total. The van der Waals surface area contributed by atoms with Crippen LogP contribution in [0.4, 0.5) is 0 Å². The molecule has 0 saturated carbocycles. The molecule has 3 N–H and O–H groups in total. The highest BCUT2D eigenvalue weighted by Gasteiger charge is 2.13. The van der Waals surface area contributed by atoms with Crippen molar-refractivity contribution in [2.45, 2.75) is 0 Å². The van der Waals surface area contributed by atoms with Crippen LogP contribution in [0.15, 0.2) is 61.3 Å². The highest BCUT2D eigenvalue weighted by atomic mass is 16.2. The second-order valence-corrected chi connectivity index (χ2v) is 4.16. The van der Waals surface area contributed by atoms with Gasteiger partial charge in [-0.15, -0.1) is 0 Å². The Labute approximate surface area is 116 Å². The Balaban J connectivity index is 2.61. The Morgan fingerprint density at radius 2 is 1.80 bits per heavy atom. The molecule has 0 aromatic heterocycles. The molecule has 0 radical (unpaired) electrons. The molecule has 0 aliphatic carbocycles. The van der Waals surface area contributed by atoms with Gasteiger partial charge in [0.1, 0.15) is 0 Å². The first-order chi connectivity index (χ1) is 9.63. The molecule has 2 rings (SSSR count). The number of rotatable bonds is 4. The van der Waals surface area contributed by atoms with Crippen LogP contribution in [0, 0.1) is 0 Å². The molecule has 2 amide bonds. The molecule has 100 valence electrons. The van der Waals surface area contributed by atoms with E-state index in [9.17, 15) is 9.59 Å². The van der Waals surface area contributed by atoms with Crippen LogP contribution < -0.4 is 11.1 Å². The van der Waals surface area contributed by atoms with E-state index in [4.69, 9.17) is 5.73 Å². The second-order valence-electron chi connectivity index (χ2n) is 4.16. The summed E-state index contributed by atoms with van der Waals surface area (Å²) in [5.74, 6) is -1.10. The van der Waals surface area contributed by atoms with E-state index in [2.05, 4.69) is 11.9 Å². The van der Waals surface area contributed by atoms with Gasteiger partial charge in [-0.3, -0.25) is 9.59 Å². The molecule has 4 heteroatoms. The molecule has 0 spiro atoms. The number of fused-ring (bicyclic) bond motifs is 1. The standard InChI is InChI=1S/C16H14N2O2/c1-2-18-15(19)10-14(16(17)20)13-9-5-7-11-6-3-4-8-12(11)13/h2-10H,1H2,(H2,17,20)(H,18,19)/b14-10-. The zero-order valence-corrected chi connectivity index (χ0v) is 10.8. The van der Waals surface area contributed by atoms with E-state index in [0.29, 0.717) is 5.56 Å². The van der Waals surface area contributed by atoms with E-state index in [1.807, 2.05) is 36.4 Å². The third-order valence-corrected chi connectivity index (χ3v) is 2.87. The Morgan fingerprint density at radius 3 is 2.50 bits per heavy atom. The van der Waals surface area contributed by atoms with Crippen molar-refractivity contribution < 1.29 is 9.59 Å². The topological polar surface area (TPSA) is 72.2 Å². The van der Waals surface area contributed by atoms with Crippen molar-refractivity contribution in [2.24, 2.45) is 5.73 Å². The Hall–Kier alpha value is -2.88. The van der Waals surface area contributed by atoms with Gasteiger partial charge in [-0.25, -0.2) is 0 Å². The van der Waals surface area contributed by atoms with Gasteiger partial charge >= 0.3 is 0 Å². The maximum atomic E-state index is 11.6. The number of carbonyl (C=O) groups excluding carboxylic acids is 2. The van der Waals surface area contributed by atoms with Crippen LogP contribution in [-0.4, -0.2) is 11.8 Å². The summed E-state index contributed by atoms with van der Waals surface area (Å²) in [6.45, 7) is 3.40. The number of carbonyl (C=O) groups is 2. The molecule has 0 heterocycles. The number of primary amides is 1. The Kier molecular flexibility index (Phi) is 3.96. The summed E-state index contributed by atoms with van der Waals surface area (Å²) in [5, 5.41) is 4.23. The van der Waals surface area contributed by atoms with Gasteiger partial charge < -0.3 is 11.1 Å². The van der Waals surface area contributed by atoms with Gasteiger partial charge in [0.2, 0.25) is 11.8 Å². The molecule has 0 aliphatic rings. The lowest BCUT2D eigenvalue weighted by Crippen LogP contribution is -2.19. The molecular formula is C16H14N2O2. The van der Waals surface area contributed by atoms with Gasteiger partial charge in [0.15, 0.2) is 0 Å². The fourth-order valence-electron chi connectivity index (χ4n) is 2.02. The van der Waals surface area contributed by atoms with Crippen molar-refractivity contribution >= 4 is 28.2 Å². The van der Waals surface area contributed by atoms with Gasteiger partial charge in [-0.2, -0.15) is 0 Å². The van der Waals surface area contributed by atoms with Crippen LogP contribution in [-0.2, 0) is 9.59 Å². The van der Waals surface area contributed by atoms with Gasteiger partial charge in [0.25, 0.3) is 0 Å². The minimum Gasteiger partial charge on any atom is -0.366 e. The highest BCUT2D eigenvalue weighted by Crippen LogP contribution is 2.24. The van der Waals surface area contributed by atoms with E-state index >= 15 is 0 Å². The predicted molar refractivity (Wildman–Crippen MR) is 79.5 cm³/mol. The maximum absolute atomic E-state index is 11.6. The van der Waals surface area contributed by atoms with E-state index in [-0.39, 0.29) is 5.57 Å². The first-order valence-electron chi connectivity index (χ1n) is 6.04. The molecule has 20 heavy (non-hydrogen) atoms. The summed E-state index contributed by atoms with van der Waals surface area (Å²) < 4.78 is 0. The fourth-order valence-corrected chi connectivity index (χ4v) is 2.02. The number of nitrogens with two attached hydrogens (primary N) is 1. The summed E-state index contributed by atoms with van der Waals surface area (Å²) in [6.07, 6.45) is 2.44. The molecule has 0 atom stereocenters. The van der Waals surface area contributed by atoms with Crippen LogP contribution >= 0.6 is 0 Å². The third kappa shape index (κ3) is 2.75. The van der Waals surface area contributed by atoms with E-state index in [0.717, 1.165) is 10.8 Å². The lowest BCUT2D eigenvalue weighted by Gasteiger charge is -2.08. The molecule has 0 aliphatic heterocycles. The monoisotopic (exact) mass is 266 g/mol. The average Bonchev–Trinajstić information content (AvgIpc) is 2.44. The molecular weight excluding hydrogens is 252 g/mol. The normalized spacial score (nSPS) is 11.1. The van der Waals surface area contributed by atoms with Crippen LogP contribution in [0.25, 0.3) is 16.3 Å². The minimum atomic E-state index is -0.652. The molecule has 0 unspecified atom stereocenters. The molecule has 2 aromatic rings. The van der Waals surface area contributed by atoms with Crippen molar-refractivity contribution in [1.29, 1.82) is 0 Å². The highest BCUT2D eigenvalue weighted by molar-refractivity contribution is 6.25. The smallest absolute Gasteiger partial charge is 0.249 e. The van der Waals surface area contributed by atoms with Crippen LogP contribution in [0.5, 0.6) is 0 Å². The third-order valence-electron chi connectivity index (χ3n) is 2.87. The zero-order chi connectivity index (χ0) is 14.5. The number of benzene rings is 2. The summed E-state index contributed by atoms with van der Waals surface area (Å²) in [7, 11) is 0. The van der Waals surface area contributed by atoms with E-state index < -0.39 is 11.8 Å². The van der Waals surface area contributed by atoms with Crippen molar-refractivity contribution in [1.82, 2.24) is 5.32 Å². The van der Waals surface area contributed by atoms with Crippen molar-refractivity contribution in [2.75, 3.05) is 0 Å². The van der Waals surface area contributed by atoms with Crippen molar-refractivity contribution in [3.05, 3.63) is 66.9 Å². The van der Waals surface area contributed by atoms with Crippen molar-refractivity contribution in [3.8, 4) is 0 Å².